The number of pyridine rings is 1. The van der Waals surface area contributed by atoms with Gasteiger partial charge < -0.3 is 5.73 Å². The minimum Gasteiger partial charge on any atom is -0.323 e. The lowest BCUT2D eigenvalue weighted by Gasteiger charge is -2.22. The molecule has 1 aromatic heterocycles. The Morgan fingerprint density at radius 1 is 1.33 bits per heavy atom. The minimum absolute atomic E-state index is 0. The molecule has 0 aliphatic carbocycles. The zero-order chi connectivity index (χ0) is 10.8. The van der Waals surface area contributed by atoms with Crippen LogP contribution in [0.4, 0.5) is 0 Å². The molecular formula is C12H21ClN2. The zero-order valence-electron chi connectivity index (χ0n) is 9.95. The lowest BCUT2D eigenvalue weighted by molar-refractivity contribution is 0.340. The summed E-state index contributed by atoms with van der Waals surface area (Å²) in [4.78, 5) is 4.43. The van der Waals surface area contributed by atoms with Crippen LogP contribution in [0, 0.1) is 12.3 Å². The average molecular weight is 229 g/mol. The van der Waals surface area contributed by atoms with Gasteiger partial charge in [0.05, 0.1) is 5.69 Å². The largest absolute Gasteiger partial charge is 0.323 e. The van der Waals surface area contributed by atoms with Gasteiger partial charge in [-0.15, -0.1) is 12.4 Å². The first-order valence-corrected chi connectivity index (χ1v) is 5.08. The third-order valence-corrected chi connectivity index (χ3v) is 2.12. The SMILES string of the molecule is Cc1cccc(C(N)CC(C)(C)C)n1.Cl. The molecule has 86 valence electrons. The maximum absolute atomic E-state index is 6.09. The van der Waals surface area contributed by atoms with Crippen LogP contribution in [-0.2, 0) is 0 Å². The van der Waals surface area contributed by atoms with Gasteiger partial charge in [0, 0.05) is 11.7 Å². The molecule has 0 saturated heterocycles. The molecule has 0 aliphatic rings. The predicted molar refractivity (Wildman–Crippen MR) is 67.2 cm³/mol. The van der Waals surface area contributed by atoms with Crippen LogP contribution in [0.15, 0.2) is 18.2 Å². The van der Waals surface area contributed by atoms with E-state index in [4.69, 9.17) is 5.73 Å². The van der Waals surface area contributed by atoms with Gasteiger partial charge in [0.2, 0.25) is 0 Å². The summed E-state index contributed by atoms with van der Waals surface area (Å²) in [6, 6.07) is 6.06. The Bertz CT molecular complexity index is 305. The maximum atomic E-state index is 6.09. The maximum Gasteiger partial charge on any atom is 0.0574 e. The fourth-order valence-electron chi connectivity index (χ4n) is 1.53. The van der Waals surface area contributed by atoms with Gasteiger partial charge in [-0.25, -0.2) is 0 Å². The Morgan fingerprint density at radius 3 is 2.40 bits per heavy atom. The van der Waals surface area contributed by atoms with Crippen LogP contribution in [-0.4, -0.2) is 4.98 Å². The molecule has 1 rings (SSSR count). The zero-order valence-corrected chi connectivity index (χ0v) is 10.8. The Hall–Kier alpha value is -0.600. The molecule has 0 amide bonds. The van der Waals surface area contributed by atoms with Crippen LogP contribution in [0.2, 0.25) is 0 Å². The molecular weight excluding hydrogens is 208 g/mol. The van der Waals surface area contributed by atoms with Crippen molar-refractivity contribution in [3.8, 4) is 0 Å². The third kappa shape index (κ3) is 5.14. The number of halogens is 1. The van der Waals surface area contributed by atoms with Gasteiger partial charge in [-0.05, 0) is 30.9 Å². The van der Waals surface area contributed by atoms with Crippen LogP contribution < -0.4 is 5.73 Å². The van der Waals surface area contributed by atoms with Crippen molar-refractivity contribution in [3.63, 3.8) is 0 Å². The van der Waals surface area contributed by atoms with Crippen LogP contribution in [0.5, 0.6) is 0 Å². The number of hydrogen-bond donors (Lipinski definition) is 1. The van der Waals surface area contributed by atoms with E-state index >= 15 is 0 Å². The highest BCUT2D eigenvalue weighted by Crippen LogP contribution is 2.26. The van der Waals surface area contributed by atoms with Crippen molar-refractivity contribution in [1.29, 1.82) is 0 Å². The molecule has 2 N–H and O–H groups in total. The van der Waals surface area contributed by atoms with Crippen LogP contribution in [0.3, 0.4) is 0 Å². The summed E-state index contributed by atoms with van der Waals surface area (Å²) >= 11 is 0. The molecule has 15 heavy (non-hydrogen) atoms. The molecule has 1 unspecified atom stereocenters. The summed E-state index contributed by atoms with van der Waals surface area (Å²) in [5, 5.41) is 0. The van der Waals surface area contributed by atoms with E-state index < -0.39 is 0 Å². The summed E-state index contributed by atoms with van der Waals surface area (Å²) in [6.45, 7) is 8.58. The highest BCUT2D eigenvalue weighted by molar-refractivity contribution is 5.85. The van der Waals surface area contributed by atoms with Crippen LogP contribution >= 0.6 is 12.4 Å². The fraction of sp³-hybridized carbons (Fsp3) is 0.583. The topological polar surface area (TPSA) is 38.9 Å². The van der Waals surface area contributed by atoms with Gasteiger partial charge in [0.1, 0.15) is 0 Å². The lowest BCUT2D eigenvalue weighted by Crippen LogP contribution is -2.19. The summed E-state index contributed by atoms with van der Waals surface area (Å²) in [7, 11) is 0. The molecule has 0 saturated carbocycles. The molecule has 0 aliphatic heterocycles. The Labute approximate surface area is 98.7 Å². The van der Waals surface area contributed by atoms with E-state index in [1.807, 2.05) is 25.1 Å². The smallest absolute Gasteiger partial charge is 0.0574 e. The number of aromatic nitrogens is 1. The molecule has 0 spiro atoms. The van der Waals surface area contributed by atoms with E-state index in [0.29, 0.717) is 0 Å². The van der Waals surface area contributed by atoms with E-state index in [1.54, 1.807) is 0 Å². The summed E-state index contributed by atoms with van der Waals surface area (Å²) in [6.07, 6.45) is 0.962. The molecule has 3 heteroatoms. The van der Waals surface area contributed by atoms with Crippen molar-refractivity contribution in [1.82, 2.24) is 4.98 Å². The second-order valence-corrected chi connectivity index (χ2v) is 5.08. The average Bonchev–Trinajstić information content (AvgIpc) is 2.01. The summed E-state index contributed by atoms with van der Waals surface area (Å²) in [5.41, 5.74) is 8.38. The lowest BCUT2D eigenvalue weighted by atomic mass is 9.87. The van der Waals surface area contributed by atoms with E-state index in [0.717, 1.165) is 17.8 Å². The standard InChI is InChI=1S/C12H20N2.ClH/c1-9-6-5-7-11(14-9)10(13)8-12(2,3)4;/h5-7,10H,8,13H2,1-4H3;1H. The molecule has 1 heterocycles. The first-order valence-electron chi connectivity index (χ1n) is 5.08. The van der Waals surface area contributed by atoms with Gasteiger partial charge in [-0.1, -0.05) is 26.8 Å². The van der Waals surface area contributed by atoms with Crippen molar-refractivity contribution >= 4 is 12.4 Å². The normalized spacial score (nSPS) is 13.1. The summed E-state index contributed by atoms with van der Waals surface area (Å²) in [5.74, 6) is 0. The highest BCUT2D eigenvalue weighted by Gasteiger charge is 2.17. The number of nitrogens with zero attached hydrogens (tertiary/aromatic N) is 1. The van der Waals surface area contributed by atoms with Gasteiger partial charge >= 0.3 is 0 Å². The van der Waals surface area contributed by atoms with Crippen molar-refractivity contribution in [2.24, 2.45) is 11.1 Å². The number of hydrogen-bond acceptors (Lipinski definition) is 2. The van der Waals surface area contributed by atoms with Gasteiger partial charge in [-0.3, -0.25) is 4.98 Å². The number of nitrogens with two attached hydrogens (primary N) is 1. The molecule has 0 radical (unpaired) electrons. The molecule has 1 aromatic rings. The van der Waals surface area contributed by atoms with Gasteiger partial charge in [0.25, 0.3) is 0 Å². The third-order valence-electron chi connectivity index (χ3n) is 2.12. The van der Waals surface area contributed by atoms with Crippen LogP contribution in [0.25, 0.3) is 0 Å². The first-order chi connectivity index (χ1) is 6.38. The van der Waals surface area contributed by atoms with Crippen LogP contribution in [0.1, 0.15) is 44.6 Å². The monoisotopic (exact) mass is 228 g/mol. The quantitative estimate of drug-likeness (QED) is 0.844. The van der Waals surface area contributed by atoms with E-state index in [9.17, 15) is 0 Å². The Balaban J connectivity index is 0.00000196. The minimum atomic E-state index is 0. The number of rotatable bonds is 2. The summed E-state index contributed by atoms with van der Waals surface area (Å²) < 4.78 is 0. The second-order valence-electron chi connectivity index (χ2n) is 5.08. The Kier molecular flexibility index (Phi) is 5.26. The van der Waals surface area contributed by atoms with E-state index in [2.05, 4.69) is 25.8 Å². The molecule has 0 aromatic carbocycles. The molecule has 0 bridgehead atoms. The van der Waals surface area contributed by atoms with Crippen molar-refractivity contribution in [2.75, 3.05) is 0 Å². The van der Waals surface area contributed by atoms with Crippen molar-refractivity contribution < 1.29 is 0 Å². The predicted octanol–water partition coefficient (Wildman–Crippen LogP) is 3.25. The fourth-order valence-corrected chi connectivity index (χ4v) is 1.53. The van der Waals surface area contributed by atoms with Gasteiger partial charge in [-0.2, -0.15) is 0 Å². The first kappa shape index (κ1) is 14.4. The Morgan fingerprint density at radius 2 is 1.93 bits per heavy atom. The van der Waals surface area contributed by atoms with E-state index in [-0.39, 0.29) is 23.9 Å². The van der Waals surface area contributed by atoms with Gasteiger partial charge in [0.15, 0.2) is 0 Å². The number of aryl methyl sites for hydroxylation is 1. The highest BCUT2D eigenvalue weighted by atomic mass is 35.5. The van der Waals surface area contributed by atoms with E-state index in [1.165, 1.54) is 0 Å². The van der Waals surface area contributed by atoms with Crippen molar-refractivity contribution in [2.45, 2.75) is 40.2 Å². The van der Waals surface area contributed by atoms with Crippen molar-refractivity contribution in [3.05, 3.63) is 29.6 Å². The molecule has 0 fully saturated rings. The molecule has 1 atom stereocenters. The molecule has 2 nitrogen and oxygen atoms in total. The second kappa shape index (κ2) is 5.47.